The molecule has 1 heterocycles. The van der Waals surface area contributed by atoms with Gasteiger partial charge in [-0.15, -0.1) is 0 Å². The molecule has 1 aromatic rings. The molecule has 0 unspecified atom stereocenters. The summed E-state index contributed by atoms with van der Waals surface area (Å²) in [4.78, 5) is 14.5. The Morgan fingerprint density at radius 2 is 2.05 bits per heavy atom. The molecule has 19 heavy (non-hydrogen) atoms. The molecule has 1 amide bonds. The fraction of sp³-hybridized carbons (Fsp3) is 0.500. The zero-order valence-electron chi connectivity index (χ0n) is 11.1. The lowest BCUT2D eigenvalue weighted by atomic mass is 10.1. The Morgan fingerprint density at radius 3 is 2.63 bits per heavy atom. The Labute approximate surface area is 113 Å². The van der Waals surface area contributed by atoms with Crippen LogP contribution in [-0.4, -0.2) is 58.3 Å². The number of β-amino-alcohol motifs (C(OH)–C–C–N with tert-alkyl or cyclic N) is 1. The van der Waals surface area contributed by atoms with Crippen LogP contribution in [0.5, 0.6) is 0 Å². The zero-order valence-corrected chi connectivity index (χ0v) is 11.1. The molecule has 0 saturated carbocycles. The van der Waals surface area contributed by atoms with Crippen molar-refractivity contribution in [3.63, 3.8) is 0 Å². The van der Waals surface area contributed by atoms with Gasteiger partial charge < -0.3 is 15.1 Å². The molecule has 104 valence electrons. The second-order valence-electron chi connectivity index (χ2n) is 5.01. The van der Waals surface area contributed by atoms with Crippen molar-refractivity contribution in [1.29, 1.82) is 0 Å². The summed E-state index contributed by atoms with van der Waals surface area (Å²) in [5, 5.41) is 19.2. The summed E-state index contributed by atoms with van der Waals surface area (Å²) in [6.07, 6.45) is -1.39. The van der Waals surface area contributed by atoms with Crippen molar-refractivity contribution in [2.45, 2.75) is 19.1 Å². The summed E-state index contributed by atoms with van der Waals surface area (Å²) in [5.74, 6) is 0. The van der Waals surface area contributed by atoms with Gasteiger partial charge in [-0.1, -0.05) is 30.3 Å². The summed E-state index contributed by atoms with van der Waals surface area (Å²) in [7, 11) is 0. The second-order valence-corrected chi connectivity index (χ2v) is 5.01. The number of carboxylic acid groups (broad SMARTS) is 1. The molecule has 2 atom stereocenters. The van der Waals surface area contributed by atoms with E-state index < -0.39 is 12.2 Å². The quantitative estimate of drug-likeness (QED) is 0.866. The van der Waals surface area contributed by atoms with Crippen LogP contribution in [0, 0.1) is 0 Å². The number of nitrogens with zero attached hydrogens (tertiary/aromatic N) is 2. The van der Waals surface area contributed by atoms with Crippen LogP contribution in [0.25, 0.3) is 0 Å². The van der Waals surface area contributed by atoms with Crippen LogP contribution >= 0.6 is 0 Å². The minimum Gasteiger partial charge on any atom is -0.465 e. The SMILES string of the molecule is C[C@@H]1CN(C[C@@H](O)c2ccccc2)CCN1C(=O)O. The van der Waals surface area contributed by atoms with E-state index in [1.165, 1.54) is 4.90 Å². The Hall–Kier alpha value is -1.59. The van der Waals surface area contributed by atoms with Gasteiger partial charge in [-0.25, -0.2) is 4.79 Å². The Balaban J connectivity index is 1.90. The monoisotopic (exact) mass is 264 g/mol. The first kappa shape index (κ1) is 13.8. The molecule has 1 aliphatic heterocycles. The molecule has 1 saturated heterocycles. The highest BCUT2D eigenvalue weighted by molar-refractivity contribution is 5.65. The highest BCUT2D eigenvalue weighted by atomic mass is 16.4. The molecular weight excluding hydrogens is 244 g/mol. The Bertz CT molecular complexity index is 424. The Morgan fingerprint density at radius 1 is 1.37 bits per heavy atom. The first-order valence-electron chi connectivity index (χ1n) is 6.53. The van der Waals surface area contributed by atoms with Crippen LogP contribution < -0.4 is 0 Å². The number of benzene rings is 1. The number of amides is 1. The van der Waals surface area contributed by atoms with Crippen LogP contribution in [0.2, 0.25) is 0 Å². The van der Waals surface area contributed by atoms with Gasteiger partial charge in [0.15, 0.2) is 0 Å². The third-order valence-corrected chi connectivity index (χ3v) is 3.57. The molecule has 5 heteroatoms. The van der Waals surface area contributed by atoms with Gasteiger partial charge in [0.1, 0.15) is 0 Å². The minimum absolute atomic E-state index is 0.0331. The summed E-state index contributed by atoms with van der Waals surface area (Å²) >= 11 is 0. The topological polar surface area (TPSA) is 64.0 Å². The van der Waals surface area contributed by atoms with Gasteiger partial charge in [-0.2, -0.15) is 0 Å². The van der Waals surface area contributed by atoms with Crippen molar-refractivity contribution in [3.05, 3.63) is 35.9 Å². The molecule has 0 spiro atoms. The van der Waals surface area contributed by atoms with E-state index in [2.05, 4.69) is 4.90 Å². The van der Waals surface area contributed by atoms with Crippen LogP contribution in [0.4, 0.5) is 4.79 Å². The maximum Gasteiger partial charge on any atom is 0.407 e. The third kappa shape index (κ3) is 3.45. The summed E-state index contributed by atoms with van der Waals surface area (Å²) in [6, 6.07) is 9.51. The lowest BCUT2D eigenvalue weighted by Crippen LogP contribution is -2.54. The lowest BCUT2D eigenvalue weighted by Gasteiger charge is -2.39. The van der Waals surface area contributed by atoms with E-state index in [0.717, 1.165) is 5.56 Å². The van der Waals surface area contributed by atoms with Crippen molar-refractivity contribution >= 4 is 6.09 Å². The average Bonchev–Trinajstić information content (AvgIpc) is 2.39. The predicted octanol–water partition coefficient (Wildman–Crippen LogP) is 1.40. The van der Waals surface area contributed by atoms with E-state index in [4.69, 9.17) is 5.11 Å². The predicted molar refractivity (Wildman–Crippen MR) is 72.0 cm³/mol. The number of hydrogen-bond donors (Lipinski definition) is 2. The molecule has 2 N–H and O–H groups in total. The molecule has 2 rings (SSSR count). The fourth-order valence-electron chi connectivity index (χ4n) is 2.51. The number of rotatable bonds is 3. The summed E-state index contributed by atoms with van der Waals surface area (Å²) in [6.45, 7) is 4.27. The van der Waals surface area contributed by atoms with Crippen LogP contribution in [0.15, 0.2) is 30.3 Å². The summed E-state index contributed by atoms with van der Waals surface area (Å²) in [5.41, 5.74) is 0.899. The van der Waals surface area contributed by atoms with E-state index >= 15 is 0 Å². The van der Waals surface area contributed by atoms with Gasteiger partial charge in [0, 0.05) is 32.2 Å². The standard InChI is InChI=1S/C14H20N2O3/c1-11-9-15(7-8-16(11)14(18)19)10-13(17)12-5-3-2-4-6-12/h2-6,11,13,17H,7-10H2,1H3,(H,18,19)/t11-,13-/m1/s1. The third-order valence-electron chi connectivity index (χ3n) is 3.57. The first-order chi connectivity index (χ1) is 9.08. The molecular formula is C14H20N2O3. The van der Waals surface area contributed by atoms with Crippen molar-refractivity contribution in [1.82, 2.24) is 9.80 Å². The normalized spacial score (nSPS) is 22.2. The molecule has 5 nitrogen and oxygen atoms in total. The van der Waals surface area contributed by atoms with Crippen molar-refractivity contribution < 1.29 is 15.0 Å². The molecule has 0 radical (unpaired) electrons. The largest absolute Gasteiger partial charge is 0.465 e. The number of hydrogen-bond acceptors (Lipinski definition) is 3. The van der Waals surface area contributed by atoms with E-state index in [1.807, 2.05) is 37.3 Å². The molecule has 0 aromatic heterocycles. The number of aliphatic hydroxyl groups is 1. The summed E-state index contributed by atoms with van der Waals surface area (Å²) < 4.78 is 0. The molecule has 0 aliphatic carbocycles. The van der Waals surface area contributed by atoms with Crippen molar-refractivity contribution in [3.8, 4) is 0 Å². The van der Waals surface area contributed by atoms with E-state index in [1.54, 1.807) is 0 Å². The van der Waals surface area contributed by atoms with E-state index in [0.29, 0.717) is 26.2 Å². The molecule has 1 aliphatic rings. The van der Waals surface area contributed by atoms with Gasteiger partial charge in [-0.3, -0.25) is 4.90 Å². The molecule has 1 fully saturated rings. The highest BCUT2D eigenvalue weighted by Gasteiger charge is 2.28. The second kappa shape index (κ2) is 6.04. The number of piperazine rings is 1. The number of carbonyl (C=O) groups is 1. The Kier molecular flexibility index (Phi) is 4.39. The smallest absolute Gasteiger partial charge is 0.407 e. The van der Waals surface area contributed by atoms with Crippen molar-refractivity contribution in [2.24, 2.45) is 0 Å². The minimum atomic E-state index is -0.865. The molecule has 0 bridgehead atoms. The van der Waals surface area contributed by atoms with Gasteiger partial charge in [-0.05, 0) is 12.5 Å². The van der Waals surface area contributed by atoms with E-state index in [9.17, 15) is 9.90 Å². The molecule has 1 aromatic carbocycles. The van der Waals surface area contributed by atoms with Crippen LogP contribution in [-0.2, 0) is 0 Å². The maximum absolute atomic E-state index is 11.0. The highest BCUT2D eigenvalue weighted by Crippen LogP contribution is 2.16. The first-order valence-corrected chi connectivity index (χ1v) is 6.53. The number of aliphatic hydroxyl groups excluding tert-OH is 1. The van der Waals surface area contributed by atoms with Gasteiger partial charge in [0.05, 0.1) is 6.10 Å². The van der Waals surface area contributed by atoms with Gasteiger partial charge in [0.25, 0.3) is 0 Å². The van der Waals surface area contributed by atoms with Crippen molar-refractivity contribution in [2.75, 3.05) is 26.2 Å². The average molecular weight is 264 g/mol. The fourth-order valence-corrected chi connectivity index (χ4v) is 2.51. The van der Waals surface area contributed by atoms with E-state index in [-0.39, 0.29) is 6.04 Å². The van der Waals surface area contributed by atoms with Crippen LogP contribution in [0.1, 0.15) is 18.6 Å². The van der Waals surface area contributed by atoms with Gasteiger partial charge in [0.2, 0.25) is 0 Å². The van der Waals surface area contributed by atoms with Crippen LogP contribution in [0.3, 0.4) is 0 Å². The zero-order chi connectivity index (χ0) is 13.8. The maximum atomic E-state index is 11.0. The van der Waals surface area contributed by atoms with Gasteiger partial charge >= 0.3 is 6.09 Å². The lowest BCUT2D eigenvalue weighted by molar-refractivity contribution is 0.0460.